The van der Waals surface area contributed by atoms with Gasteiger partial charge in [-0.05, 0) is 29.8 Å². The number of rotatable bonds is 7. The van der Waals surface area contributed by atoms with Crippen molar-refractivity contribution in [2.75, 3.05) is 20.6 Å². The Morgan fingerprint density at radius 3 is 2.43 bits per heavy atom. The van der Waals surface area contributed by atoms with Crippen LogP contribution in [0.15, 0.2) is 59.3 Å². The van der Waals surface area contributed by atoms with E-state index >= 15 is 0 Å². The van der Waals surface area contributed by atoms with Crippen LogP contribution in [0.1, 0.15) is 25.6 Å². The lowest BCUT2D eigenvalue weighted by atomic mass is 10.0. The van der Waals surface area contributed by atoms with Crippen molar-refractivity contribution in [1.82, 2.24) is 13.9 Å². The van der Waals surface area contributed by atoms with Gasteiger partial charge >= 0.3 is 0 Å². The third-order valence-corrected chi connectivity index (χ3v) is 6.75. The zero-order valence-electron chi connectivity index (χ0n) is 17.6. The summed E-state index contributed by atoms with van der Waals surface area (Å²) < 4.78 is 42.0. The highest BCUT2D eigenvalue weighted by Gasteiger charge is 2.19. The first kappa shape index (κ1) is 22.1. The molecule has 0 bridgehead atoms. The molecule has 0 radical (unpaired) electrons. The maximum Gasteiger partial charge on any atom is 0.242 e. The van der Waals surface area contributed by atoms with Gasteiger partial charge in [0.1, 0.15) is 11.7 Å². The number of hydrogen-bond donors (Lipinski definition) is 1. The second-order valence-corrected chi connectivity index (χ2v) is 9.73. The summed E-state index contributed by atoms with van der Waals surface area (Å²) in [5.41, 5.74) is 8.73. The molecule has 0 aliphatic rings. The number of nitrogens with zero attached hydrogens (tertiary/aromatic N) is 3. The van der Waals surface area contributed by atoms with Crippen LogP contribution in [-0.2, 0) is 16.6 Å². The minimum absolute atomic E-state index is 0.0741. The van der Waals surface area contributed by atoms with Crippen LogP contribution in [0.3, 0.4) is 0 Å². The third-order valence-electron chi connectivity index (χ3n) is 4.92. The molecular formula is C22H27FN4O2S. The van der Waals surface area contributed by atoms with Crippen molar-refractivity contribution in [3.8, 4) is 11.1 Å². The number of hydrogen-bond acceptors (Lipinski definition) is 4. The molecule has 0 aliphatic heterocycles. The number of benzene rings is 2. The van der Waals surface area contributed by atoms with Crippen LogP contribution in [0.5, 0.6) is 0 Å². The quantitative estimate of drug-likeness (QED) is 0.617. The van der Waals surface area contributed by atoms with Gasteiger partial charge in [-0.2, -0.15) is 0 Å². The van der Waals surface area contributed by atoms with Gasteiger partial charge < -0.3 is 10.3 Å². The summed E-state index contributed by atoms with van der Waals surface area (Å²) >= 11 is 0. The number of halogens is 1. The highest BCUT2D eigenvalue weighted by atomic mass is 32.2. The molecule has 0 saturated heterocycles. The van der Waals surface area contributed by atoms with Crippen LogP contribution in [0.25, 0.3) is 22.2 Å². The Bertz CT molecular complexity index is 1180. The van der Waals surface area contributed by atoms with E-state index < -0.39 is 10.0 Å². The van der Waals surface area contributed by atoms with Crippen molar-refractivity contribution in [3.05, 3.63) is 60.2 Å². The van der Waals surface area contributed by atoms with Crippen molar-refractivity contribution < 1.29 is 12.8 Å². The second-order valence-electron chi connectivity index (χ2n) is 7.58. The number of aromatic nitrogens is 2. The Morgan fingerprint density at radius 2 is 1.87 bits per heavy atom. The number of sulfonamides is 1. The number of nitrogens with two attached hydrogens (primary N) is 1. The molecule has 0 saturated carbocycles. The Balaban J connectivity index is 2.13. The summed E-state index contributed by atoms with van der Waals surface area (Å²) in [6, 6.07) is 12.5. The van der Waals surface area contributed by atoms with E-state index in [2.05, 4.69) is 0 Å². The Labute approximate surface area is 176 Å². The summed E-state index contributed by atoms with van der Waals surface area (Å²) in [6.07, 6.45) is 1.36. The summed E-state index contributed by atoms with van der Waals surface area (Å²) in [5, 5.41) is 0. The zero-order chi connectivity index (χ0) is 22.1. The lowest BCUT2D eigenvalue weighted by Crippen LogP contribution is -2.22. The van der Waals surface area contributed by atoms with E-state index in [1.807, 2.05) is 36.6 Å². The molecule has 1 heterocycles. The fraction of sp³-hybridized carbons (Fsp3) is 0.318. The molecule has 3 aromatic rings. The van der Waals surface area contributed by atoms with Gasteiger partial charge in [0.2, 0.25) is 10.0 Å². The predicted octanol–water partition coefficient (Wildman–Crippen LogP) is 3.89. The van der Waals surface area contributed by atoms with Crippen LogP contribution in [-0.4, -0.2) is 42.9 Å². The third kappa shape index (κ3) is 4.16. The first-order valence-electron chi connectivity index (χ1n) is 9.73. The van der Waals surface area contributed by atoms with Gasteiger partial charge in [0.15, 0.2) is 0 Å². The molecule has 160 valence electrons. The maximum absolute atomic E-state index is 14.3. The molecule has 2 aromatic carbocycles. The molecule has 3 rings (SSSR count). The van der Waals surface area contributed by atoms with Gasteiger partial charge in [-0.25, -0.2) is 22.1 Å². The van der Waals surface area contributed by atoms with Gasteiger partial charge in [-0.1, -0.05) is 38.1 Å². The molecule has 0 aliphatic carbocycles. The number of allylic oxidation sites excluding steroid dienone is 1. The summed E-state index contributed by atoms with van der Waals surface area (Å²) in [4.78, 5) is 5.04. The highest BCUT2D eigenvalue weighted by molar-refractivity contribution is 7.89. The lowest BCUT2D eigenvalue weighted by Gasteiger charge is -2.12. The summed E-state index contributed by atoms with van der Waals surface area (Å²) in [7, 11) is -0.491. The van der Waals surface area contributed by atoms with Gasteiger partial charge in [-0.15, -0.1) is 0 Å². The molecule has 8 heteroatoms. The van der Waals surface area contributed by atoms with Gasteiger partial charge in [-0.3, -0.25) is 0 Å². The van der Waals surface area contributed by atoms with Crippen molar-refractivity contribution in [2.24, 2.45) is 5.73 Å². The number of imidazole rings is 1. The fourth-order valence-electron chi connectivity index (χ4n) is 3.37. The van der Waals surface area contributed by atoms with E-state index in [-0.39, 0.29) is 29.7 Å². The first-order valence-corrected chi connectivity index (χ1v) is 11.2. The Morgan fingerprint density at radius 1 is 1.20 bits per heavy atom. The molecule has 0 unspecified atom stereocenters. The highest BCUT2D eigenvalue weighted by Crippen LogP contribution is 2.32. The average molecular weight is 431 g/mol. The summed E-state index contributed by atoms with van der Waals surface area (Å²) in [6.45, 7) is 4.25. The van der Waals surface area contributed by atoms with E-state index in [1.165, 1.54) is 24.5 Å². The minimum atomic E-state index is -3.50. The maximum atomic E-state index is 14.3. The Kier molecular flexibility index (Phi) is 6.40. The standard InChI is InChI=1S/C22H27FN4O2S/c1-15(2)22-25-21-19(6-5-7-20(21)27(22)14-17(23)12-13-24)16-8-10-18(11-9-16)30(28,29)26(3)4/h5-12,15H,13-14,24H2,1-4H3/b17-12-. The largest absolute Gasteiger partial charge is 0.327 e. The number of para-hydroxylation sites is 1. The Hall–Kier alpha value is -2.55. The minimum Gasteiger partial charge on any atom is -0.327 e. The normalized spacial score (nSPS) is 13.0. The first-order chi connectivity index (χ1) is 14.2. The van der Waals surface area contributed by atoms with Crippen molar-refractivity contribution >= 4 is 21.1 Å². The van der Waals surface area contributed by atoms with E-state index in [0.29, 0.717) is 0 Å². The molecule has 0 fully saturated rings. The van der Waals surface area contributed by atoms with E-state index in [0.717, 1.165) is 28.0 Å². The van der Waals surface area contributed by atoms with Crippen molar-refractivity contribution in [3.63, 3.8) is 0 Å². The summed E-state index contributed by atoms with van der Waals surface area (Å²) in [5.74, 6) is 0.579. The van der Waals surface area contributed by atoms with Crippen LogP contribution in [0.2, 0.25) is 0 Å². The molecule has 0 spiro atoms. The van der Waals surface area contributed by atoms with E-state index in [9.17, 15) is 12.8 Å². The predicted molar refractivity (Wildman–Crippen MR) is 118 cm³/mol. The molecule has 2 N–H and O–H groups in total. The van der Waals surface area contributed by atoms with Crippen LogP contribution < -0.4 is 5.73 Å². The molecule has 6 nitrogen and oxygen atoms in total. The fourth-order valence-corrected chi connectivity index (χ4v) is 4.27. The smallest absolute Gasteiger partial charge is 0.242 e. The van der Waals surface area contributed by atoms with Crippen molar-refractivity contribution in [1.29, 1.82) is 0 Å². The van der Waals surface area contributed by atoms with Gasteiger partial charge in [0, 0.05) is 32.1 Å². The second kappa shape index (κ2) is 8.67. The molecular weight excluding hydrogens is 403 g/mol. The van der Waals surface area contributed by atoms with Crippen LogP contribution in [0, 0.1) is 0 Å². The average Bonchev–Trinajstić information content (AvgIpc) is 3.07. The van der Waals surface area contributed by atoms with Gasteiger partial charge in [0.05, 0.1) is 22.5 Å². The molecule has 1 aromatic heterocycles. The molecule has 0 atom stereocenters. The van der Waals surface area contributed by atoms with Gasteiger partial charge in [0.25, 0.3) is 0 Å². The zero-order valence-corrected chi connectivity index (χ0v) is 18.4. The van der Waals surface area contributed by atoms with Crippen LogP contribution in [0.4, 0.5) is 4.39 Å². The van der Waals surface area contributed by atoms with E-state index in [1.54, 1.807) is 24.3 Å². The topological polar surface area (TPSA) is 81.2 Å². The lowest BCUT2D eigenvalue weighted by molar-refractivity contribution is 0.521. The molecule has 0 amide bonds. The van der Waals surface area contributed by atoms with Crippen molar-refractivity contribution in [2.45, 2.75) is 31.2 Å². The SMILES string of the molecule is CC(C)c1nc2c(-c3ccc(S(=O)(=O)N(C)C)cc3)cccc2n1C/C(F)=C/CN. The molecule has 30 heavy (non-hydrogen) atoms. The van der Waals surface area contributed by atoms with E-state index in [4.69, 9.17) is 10.7 Å². The van der Waals surface area contributed by atoms with Crippen LogP contribution >= 0.6 is 0 Å². The monoisotopic (exact) mass is 430 g/mol. The number of fused-ring (bicyclic) bond motifs is 1.